The van der Waals surface area contributed by atoms with Gasteiger partial charge in [-0.05, 0) is 11.8 Å². The molecule has 0 aromatic heterocycles. The predicted molar refractivity (Wildman–Crippen MR) is 68.6 cm³/mol. The minimum Gasteiger partial charge on any atom is -0.294 e. The van der Waals surface area contributed by atoms with Crippen LogP contribution in [-0.2, 0) is 0 Å². The minimum absolute atomic E-state index is 0.0446. The number of hydrogen-bond acceptors (Lipinski definition) is 1. The van der Waals surface area contributed by atoms with Crippen molar-refractivity contribution < 1.29 is 4.79 Å². The standard InChI is InChI=1S/C15H22O/c1-5-9-13(15(2,3)4)14(16)12-10-7-6-8-11-12/h6-8,10-11,13H,5,9H2,1-4H3. The molecule has 0 radical (unpaired) electrons. The summed E-state index contributed by atoms with van der Waals surface area (Å²) in [5.74, 6) is 0.412. The van der Waals surface area contributed by atoms with Gasteiger partial charge in [0.25, 0.3) is 0 Å². The molecular weight excluding hydrogens is 196 g/mol. The average Bonchev–Trinajstić information content (AvgIpc) is 2.25. The molecule has 16 heavy (non-hydrogen) atoms. The normalized spacial score (nSPS) is 13.5. The van der Waals surface area contributed by atoms with Gasteiger partial charge in [-0.1, -0.05) is 64.4 Å². The van der Waals surface area contributed by atoms with E-state index in [0.717, 1.165) is 18.4 Å². The molecule has 0 N–H and O–H groups in total. The number of benzene rings is 1. The van der Waals surface area contributed by atoms with E-state index in [2.05, 4.69) is 27.7 Å². The van der Waals surface area contributed by atoms with Crippen LogP contribution in [0.15, 0.2) is 30.3 Å². The second-order valence-corrected chi connectivity index (χ2v) is 5.44. The van der Waals surface area contributed by atoms with Crippen LogP contribution in [0.5, 0.6) is 0 Å². The van der Waals surface area contributed by atoms with E-state index in [0.29, 0.717) is 0 Å². The van der Waals surface area contributed by atoms with Gasteiger partial charge in [0, 0.05) is 11.5 Å². The molecule has 1 nitrogen and oxygen atoms in total. The highest BCUT2D eigenvalue weighted by Gasteiger charge is 2.30. The molecule has 0 aliphatic rings. The van der Waals surface area contributed by atoms with Crippen molar-refractivity contribution in [1.29, 1.82) is 0 Å². The van der Waals surface area contributed by atoms with Gasteiger partial charge < -0.3 is 0 Å². The van der Waals surface area contributed by atoms with Crippen molar-refractivity contribution in [2.24, 2.45) is 11.3 Å². The highest BCUT2D eigenvalue weighted by molar-refractivity contribution is 5.98. The van der Waals surface area contributed by atoms with Gasteiger partial charge in [0.15, 0.2) is 5.78 Å². The van der Waals surface area contributed by atoms with Crippen LogP contribution < -0.4 is 0 Å². The van der Waals surface area contributed by atoms with Crippen LogP contribution in [0.25, 0.3) is 0 Å². The summed E-state index contributed by atoms with van der Waals surface area (Å²) in [7, 11) is 0. The maximum atomic E-state index is 12.4. The quantitative estimate of drug-likeness (QED) is 0.687. The fourth-order valence-electron chi connectivity index (χ4n) is 2.05. The van der Waals surface area contributed by atoms with Gasteiger partial charge in [0.05, 0.1) is 0 Å². The van der Waals surface area contributed by atoms with Gasteiger partial charge in [0.1, 0.15) is 0 Å². The highest BCUT2D eigenvalue weighted by atomic mass is 16.1. The summed E-state index contributed by atoms with van der Waals surface area (Å²) >= 11 is 0. The molecule has 88 valence electrons. The van der Waals surface area contributed by atoms with Crippen molar-refractivity contribution in [2.45, 2.75) is 40.5 Å². The largest absolute Gasteiger partial charge is 0.294 e. The van der Waals surface area contributed by atoms with Crippen molar-refractivity contribution in [3.63, 3.8) is 0 Å². The number of Topliss-reactive ketones (excluding diaryl/α,β-unsaturated/α-hetero) is 1. The third kappa shape index (κ3) is 3.19. The molecule has 0 fully saturated rings. The Morgan fingerprint density at radius 2 is 1.75 bits per heavy atom. The Hall–Kier alpha value is -1.11. The molecule has 1 unspecified atom stereocenters. The number of hydrogen-bond donors (Lipinski definition) is 0. The van der Waals surface area contributed by atoms with Gasteiger partial charge >= 0.3 is 0 Å². The van der Waals surface area contributed by atoms with Gasteiger partial charge in [-0.15, -0.1) is 0 Å². The molecule has 0 amide bonds. The van der Waals surface area contributed by atoms with Crippen molar-refractivity contribution >= 4 is 5.78 Å². The zero-order chi connectivity index (χ0) is 12.2. The first-order chi connectivity index (χ1) is 7.46. The Balaban J connectivity index is 2.92. The van der Waals surface area contributed by atoms with Crippen molar-refractivity contribution in [3.05, 3.63) is 35.9 Å². The third-order valence-electron chi connectivity index (χ3n) is 3.00. The molecule has 1 aromatic rings. The summed E-state index contributed by atoms with van der Waals surface area (Å²) in [5, 5.41) is 0. The first-order valence-electron chi connectivity index (χ1n) is 6.06. The monoisotopic (exact) mass is 218 g/mol. The average molecular weight is 218 g/mol. The first-order valence-corrected chi connectivity index (χ1v) is 6.06. The van der Waals surface area contributed by atoms with Gasteiger partial charge in [-0.25, -0.2) is 0 Å². The van der Waals surface area contributed by atoms with Crippen LogP contribution in [0.4, 0.5) is 0 Å². The Labute approximate surface area is 98.9 Å². The predicted octanol–water partition coefficient (Wildman–Crippen LogP) is 4.33. The van der Waals surface area contributed by atoms with E-state index in [-0.39, 0.29) is 17.1 Å². The molecule has 0 spiro atoms. The topological polar surface area (TPSA) is 17.1 Å². The molecular formula is C15H22O. The number of carbonyl (C=O) groups excluding carboxylic acids is 1. The lowest BCUT2D eigenvalue weighted by atomic mass is 9.74. The highest BCUT2D eigenvalue weighted by Crippen LogP contribution is 2.32. The number of rotatable bonds is 4. The molecule has 0 aliphatic heterocycles. The Morgan fingerprint density at radius 1 is 1.19 bits per heavy atom. The molecule has 1 atom stereocenters. The van der Waals surface area contributed by atoms with E-state index in [1.165, 1.54) is 0 Å². The van der Waals surface area contributed by atoms with E-state index < -0.39 is 0 Å². The molecule has 1 heteroatoms. The summed E-state index contributed by atoms with van der Waals surface area (Å²) in [4.78, 5) is 12.4. The van der Waals surface area contributed by atoms with Gasteiger partial charge in [0.2, 0.25) is 0 Å². The summed E-state index contributed by atoms with van der Waals surface area (Å²) in [5.41, 5.74) is 0.888. The van der Waals surface area contributed by atoms with Gasteiger partial charge in [-0.2, -0.15) is 0 Å². The van der Waals surface area contributed by atoms with Crippen LogP contribution >= 0.6 is 0 Å². The number of ketones is 1. The molecule has 0 saturated heterocycles. The van der Waals surface area contributed by atoms with Crippen molar-refractivity contribution in [2.75, 3.05) is 0 Å². The zero-order valence-corrected chi connectivity index (χ0v) is 10.8. The lowest BCUT2D eigenvalue weighted by molar-refractivity contribution is 0.0802. The van der Waals surface area contributed by atoms with Crippen molar-refractivity contribution in [3.8, 4) is 0 Å². The zero-order valence-electron chi connectivity index (χ0n) is 10.8. The number of carbonyl (C=O) groups is 1. The van der Waals surface area contributed by atoms with E-state index in [1.54, 1.807) is 0 Å². The SMILES string of the molecule is CCCC(C(=O)c1ccccc1)C(C)(C)C. The van der Waals surface area contributed by atoms with Crippen LogP contribution in [0.2, 0.25) is 0 Å². The fraction of sp³-hybridized carbons (Fsp3) is 0.533. The second-order valence-electron chi connectivity index (χ2n) is 5.44. The van der Waals surface area contributed by atoms with E-state index >= 15 is 0 Å². The van der Waals surface area contributed by atoms with E-state index in [9.17, 15) is 4.79 Å². The lowest BCUT2D eigenvalue weighted by Gasteiger charge is -2.29. The maximum absolute atomic E-state index is 12.4. The first kappa shape index (κ1) is 13.0. The van der Waals surface area contributed by atoms with Crippen LogP contribution in [0, 0.1) is 11.3 Å². The maximum Gasteiger partial charge on any atom is 0.166 e. The Kier molecular flexibility index (Phi) is 4.28. The Morgan fingerprint density at radius 3 is 2.19 bits per heavy atom. The Bertz CT molecular complexity index is 332. The molecule has 0 aliphatic carbocycles. The van der Waals surface area contributed by atoms with Crippen molar-refractivity contribution in [1.82, 2.24) is 0 Å². The molecule has 1 rings (SSSR count). The summed E-state index contributed by atoms with van der Waals surface area (Å²) < 4.78 is 0. The summed E-state index contributed by atoms with van der Waals surface area (Å²) in [6.07, 6.45) is 2.03. The summed E-state index contributed by atoms with van der Waals surface area (Å²) in [6.45, 7) is 8.58. The summed E-state index contributed by atoms with van der Waals surface area (Å²) in [6, 6.07) is 9.63. The fourth-order valence-corrected chi connectivity index (χ4v) is 2.05. The molecule has 1 aromatic carbocycles. The third-order valence-corrected chi connectivity index (χ3v) is 3.00. The van der Waals surface area contributed by atoms with E-state index in [4.69, 9.17) is 0 Å². The molecule has 0 saturated carbocycles. The smallest absolute Gasteiger partial charge is 0.166 e. The van der Waals surface area contributed by atoms with Crippen LogP contribution in [-0.4, -0.2) is 5.78 Å². The molecule has 0 bridgehead atoms. The van der Waals surface area contributed by atoms with Crippen LogP contribution in [0.3, 0.4) is 0 Å². The van der Waals surface area contributed by atoms with Gasteiger partial charge in [-0.3, -0.25) is 4.79 Å². The molecule has 0 heterocycles. The second kappa shape index (κ2) is 5.29. The van der Waals surface area contributed by atoms with Crippen LogP contribution in [0.1, 0.15) is 50.9 Å². The van der Waals surface area contributed by atoms with E-state index in [1.807, 2.05) is 30.3 Å². The lowest BCUT2D eigenvalue weighted by Crippen LogP contribution is -2.28. The minimum atomic E-state index is 0.0446.